The molecule has 0 aliphatic carbocycles. The normalized spacial score (nSPS) is 12.1. The third-order valence-electron chi connectivity index (χ3n) is 10.9. The van der Waals surface area contributed by atoms with Gasteiger partial charge in [-0.15, -0.1) is 0 Å². The van der Waals surface area contributed by atoms with E-state index in [-0.39, 0.29) is 0 Å². The lowest BCUT2D eigenvalue weighted by Gasteiger charge is -2.26. The van der Waals surface area contributed by atoms with Crippen molar-refractivity contribution in [2.45, 2.75) is 220 Å². The Bertz CT molecular complexity index is 814. The summed E-state index contributed by atoms with van der Waals surface area (Å²) in [6, 6.07) is 8.60. The number of aryl methyl sites for hydroxylation is 2. The van der Waals surface area contributed by atoms with Crippen LogP contribution in [0, 0.1) is 0 Å². The largest absolute Gasteiger partial charge is 0.500 e. The molecule has 1 aromatic rings. The maximum absolute atomic E-state index is 5.72. The molecule has 0 aliphatic heterocycles. The van der Waals surface area contributed by atoms with Gasteiger partial charge in [-0.1, -0.05) is 180 Å². The fraction of sp³-hybridized carbons (Fsp3) is 0.867. The first-order valence-corrected chi connectivity index (χ1v) is 24.0. The number of rotatable bonds is 38. The van der Waals surface area contributed by atoms with E-state index in [2.05, 4.69) is 43.9 Å². The molecule has 0 aliphatic rings. The molecule has 4 nitrogen and oxygen atoms in total. The van der Waals surface area contributed by atoms with Crippen molar-refractivity contribution in [3.63, 3.8) is 0 Å². The quantitative estimate of drug-likeness (QED) is 0.0503. The van der Waals surface area contributed by atoms with Crippen molar-refractivity contribution >= 4 is 8.80 Å². The lowest BCUT2D eigenvalue weighted by molar-refractivity contribution is 0.122. The molecule has 1 rings (SSSR count). The van der Waals surface area contributed by atoms with Gasteiger partial charge >= 0.3 is 8.80 Å². The van der Waals surface area contributed by atoms with E-state index < -0.39 is 8.80 Å². The zero-order chi connectivity index (χ0) is 36.4. The van der Waals surface area contributed by atoms with E-state index in [9.17, 15) is 0 Å². The molecule has 0 saturated carbocycles. The summed E-state index contributed by atoms with van der Waals surface area (Å²) in [5, 5.41) is 0. The van der Waals surface area contributed by atoms with Crippen LogP contribution in [0.2, 0.25) is 6.04 Å². The molecular weight excluding hydrogens is 631 g/mol. The second-order valence-electron chi connectivity index (χ2n) is 15.5. The van der Waals surface area contributed by atoms with Gasteiger partial charge in [0.1, 0.15) is 0 Å². The molecule has 0 fully saturated rings. The second-order valence-corrected chi connectivity index (χ2v) is 18.6. The molecular formula is C45H87NO3Si. The molecule has 0 N–H and O–H groups in total. The Kier molecular flexibility index (Phi) is 32.2. The third kappa shape index (κ3) is 25.3. The molecule has 1 aromatic carbocycles. The molecule has 294 valence electrons. The van der Waals surface area contributed by atoms with Gasteiger partial charge in [0.25, 0.3) is 0 Å². The molecule has 0 bridgehead atoms. The minimum Gasteiger partial charge on any atom is -0.377 e. The minimum absolute atomic E-state index is 0.888. The van der Waals surface area contributed by atoms with Gasteiger partial charge in [-0.25, -0.2) is 0 Å². The summed E-state index contributed by atoms with van der Waals surface area (Å²) in [5.74, 6) is 0. The fourth-order valence-electron chi connectivity index (χ4n) is 7.55. The van der Waals surface area contributed by atoms with Crippen LogP contribution in [-0.2, 0) is 32.7 Å². The first kappa shape index (κ1) is 47.3. The highest BCUT2D eigenvalue weighted by Crippen LogP contribution is 2.21. The van der Waals surface area contributed by atoms with Gasteiger partial charge in [-0.2, -0.15) is 0 Å². The predicted octanol–water partition coefficient (Wildman–Crippen LogP) is 14.0. The average molecular weight is 718 g/mol. The minimum atomic E-state index is -2.51. The Morgan fingerprint density at radius 1 is 0.400 bits per heavy atom. The zero-order valence-corrected chi connectivity index (χ0v) is 35.7. The van der Waals surface area contributed by atoms with Crippen molar-refractivity contribution in [1.82, 2.24) is 4.90 Å². The van der Waals surface area contributed by atoms with Crippen LogP contribution in [0.3, 0.4) is 0 Å². The Labute approximate surface area is 315 Å². The van der Waals surface area contributed by atoms with E-state index >= 15 is 0 Å². The summed E-state index contributed by atoms with van der Waals surface area (Å²) >= 11 is 0. The van der Waals surface area contributed by atoms with Crippen molar-refractivity contribution in [2.75, 3.05) is 34.4 Å². The van der Waals surface area contributed by atoms with Gasteiger partial charge < -0.3 is 13.3 Å². The molecule has 5 heteroatoms. The standard InChI is InChI=1S/C45H87NO3Si/c1-7-10-13-16-19-22-25-28-31-36-46(37-32-33-38-50(47-4,48-5)49-6)42-45-40-43(34-29-26-23-20-17-14-11-8-2)39-44(41-45)35-30-27-24-21-18-15-12-9-3/h39-41H,7-38,42H2,1-6H3. The van der Waals surface area contributed by atoms with Crippen molar-refractivity contribution in [1.29, 1.82) is 0 Å². The van der Waals surface area contributed by atoms with Crippen molar-refractivity contribution < 1.29 is 13.3 Å². The Morgan fingerprint density at radius 2 is 0.720 bits per heavy atom. The number of hydrogen-bond donors (Lipinski definition) is 0. The van der Waals surface area contributed by atoms with Crippen LogP contribution in [0.5, 0.6) is 0 Å². The maximum Gasteiger partial charge on any atom is 0.500 e. The van der Waals surface area contributed by atoms with Gasteiger partial charge in [0.05, 0.1) is 0 Å². The van der Waals surface area contributed by atoms with Crippen molar-refractivity contribution in [3.8, 4) is 0 Å². The van der Waals surface area contributed by atoms with Gasteiger partial charge in [-0.3, -0.25) is 4.90 Å². The van der Waals surface area contributed by atoms with Crippen molar-refractivity contribution in [3.05, 3.63) is 34.9 Å². The van der Waals surface area contributed by atoms with E-state index in [4.69, 9.17) is 13.3 Å². The molecule has 0 unspecified atom stereocenters. The molecule has 0 amide bonds. The summed E-state index contributed by atoms with van der Waals surface area (Å²) < 4.78 is 17.2. The van der Waals surface area contributed by atoms with Crippen LogP contribution in [0.15, 0.2) is 18.2 Å². The smallest absolute Gasteiger partial charge is 0.377 e. The predicted molar refractivity (Wildman–Crippen MR) is 222 cm³/mol. The van der Waals surface area contributed by atoms with Gasteiger partial charge in [0.15, 0.2) is 0 Å². The lowest BCUT2D eigenvalue weighted by Crippen LogP contribution is -2.42. The highest BCUT2D eigenvalue weighted by atomic mass is 28.4. The van der Waals surface area contributed by atoms with Crippen LogP contribution in [0.1, 0.15) is 211 Å². The van der Waals surface area contributed by atoms with Crippen LogP contribution < -0.4 is 0 Å². The highest BCUT2D eigenvalue weighted by Gasteiger charge is 2.36. The van der Waals surface area contributed by atoms with Crippen LogP contribution in [-0.4, -0.2) is 48.1 Å². The summed E-state index contributed by atoms with van der Waals surface area (Å²) in [5.41, 5.74) is 4.71. The summed E-state index contributed by atoms with van der Waals surface area (Å²) in [7, 11) is 2.71. The lowest BCUT2D eigenvalue weighted by atomic mass is 9.97. The molecule has 0 spiro atoms. The SMILES string of the molecule is CCCCCCCCCCCN(CCCC[Si](OC)(OC)OC)Cc1cc(CCCCCCCCCC)cc(CCCCCCCCCC)c1. The number of hydrogen-bond acceptors (Lipinski definition) is 4. The van der Waals surface area contributed by atoms with E-state index in [1.54, 1.807) is 38.0 Å². The number of benzene rings is 1. The van der Waals surface area contributed by atoms with Gasteiger partial charge in [0.2, 0.25) is 0 Å². The molecule has 0 radical (unpaired) electrons. The molecule has 0 aromatic heterocycles. The number of unbranched alkanes of at least 4 members (excludes halogenated alkanes) is 23. The van der Waals surface area contributed by atoms with Crippen molar-refractivity contribution in [2.24, 2.45) is 0 Å². The first-order valence-electron chi connectivity index (χ1n) is 22.1. The van der Waals surface area contributed by atoms with Crippen LogP contribution in [0.4, 0.5) is 0 Å². The zero-order valence-electron chi connectivity index (χ0n) is 34.7. The molecule has 0 atom stereocenters. The average Bonchev–Trinajstić information content (AvgIpc) is 3.13. The number of nitrogens with zero attached hydrogens (tertiary/aromatic N) is 1. The highest BCUT2D eigenvalue weighted by molar-refractivity contribution is 6.60. The molecule has 50 heavy (non-hydrogen) atoms. The summed E-state index contributed by atoms with van der Waals surface area (Å²) in [4.78, 5) is 2.76. The molecule has 0 saturated heterocycles. The Morgan fingerprint density at radius 3 is 1.10 bits per heavy atom. The molecule has 0 heterocycles. The second kappa shape index (κ2) is 34.1. The van der Waals surface area contributed by atoms with E-state index in [1.807, 2.05) is 0 Å². The monoisotopic (exact) mass is 718 g/mol. The Hall–Kier alpha value is -0.723. The fourth-order valence-corrected chi connectivity index (χ4v) is 9.35. The van der Waals surface area contributed by atoms with E-state index in [0.717, 1.165) is 32.0 Å². The van der Waals surface area contributed by atoms with Gasteiger partial charge in [0, 0.05) is 33.9 Å². The maximum atomic E-state index is 5.72. The van der Waals surface area contributed by atoms with Crippen LogP contribution in [0.25, 0.3) is 0 Å². The summed E-state index contributed by atoms with van der Waals surface area (Å²) in [6.45, 7) is 10.3. The first-order chi connectivity index (χ1) is 24.6. The van der Waals surface area contributed by atoms with Crippen LogP contribution >= 0.6 is 0 Å². The summed E-state index contributed by atoms with van der Waals surface area (Å²) in [6.07, 6.45) is 39.4. The third-order valence-corrected chi connectivity index (χ3v) is 13.7. The Balaban J connectivity index is 2.85. The van der Waals surface area contributed by atoms with Gasteiger partial charge in [-0.05, 0) is 74.7 Å². The van der Waals surface area contributed by atoms with E-state index in [1.165, 1.54) is 180 Å². The van der Waals surface area contributed by atoms with E-state index in [0.29, 0.717) is 0 Å². The topological polar surface area (TPSA) is 30.9 Å².